The summed E-state index contributed by atoms with van der Waals surface area (Å²) in [6.45, 7) is 2.73. The first-order valence-corrected chi connectivity index (χ1v) is 7.75. The predicted molar refractivity (Wildman–Crippen MR) is 92.4 cm³/mol. The van der Waals surface area contributed by atoms with Crippen LogP contribution in [0.1, 0.15) is 5.56 Å². The molecule has 134 valence electrons. The summed E-state index contributed by atoms with van der Waals surface area (Å²) in [5, 5.41) is 10.1. The molecule has 0 aliphatic heterocycles. The second-order valence-corrected chi connectivity index (χ2v) is 5.32. The molecule has 0 amide bonds. The number of methoxy groups -OCH3 is 3. The van der Waals surface area contributed by atoms with Gasteiger partial charge in [0.2, 0.25) is 0 Å². The van der Waals surface area contributed by atoms with E-state index < -0.39 is 6.10 Å². The zero-order valence-corrected chi connectivity index (χ0v) is 14.7. The Kier molecular flexibility index (Phi) is 9.89. The molecule has 0 saturated heterocycles. The number of rotatable bonds is 12. The highest BCUT2D eigenvalue weighted by atomic mass is 16.5. The average Bonchev–Trinajstić information content (AvgIpc) is 2.59. The first-order chi connectivity index (χ1) is 11.6. The Balaban J connectivity index is 2.72. The molecule has 6 nitrogen and oxygen atoms in total. The zero-order valence-electron chi connectivity index (χ0n) is 14.7. The first-order valence-electron chi connectivity index (χ1n) is 7.75. The van der Waals surface area contributed by atoms with E-state index in [-0.39, 0.29) is 13.2 Å². The summed E-state index contributed by atoms with van der Waals surface area (Å²) < 4.78 is 20.9. The molecule has 1 N–H and O–H groups in total. The van der Waals surface area contributed by atoms with E-state index in [0.29, 0.717) is 26.2 Å². The molecule has 6 heteroatoms. The van der Waals surface area contributed by atoms with Gasteiger partial charge in [-0.05, 0) is 17.7 Å². The lowest BCUT2D eigenvalue weighted by Crippen LogP contribution is -2.36. The normalized spacial score (nSPS) is 12.0. The van der Waals surface area contributed by atoms with E-state index in [1.807, 2.05) is 18.2 Å². The maximum absolute atomic E-state index is 10.1. The number of aliphatic hydroxyl groups excluding tert-OH is 1. The highest BCUT2D eigenvalue weighted by molar-refractivity contribution is 5.38. The van der Waals surface area contributed by atoms with Crippen LogP contribution in [0.25, 0.3) is 0 Å². The molecule has 0 radical (unpaired) electrons. The van der Waals surface area contributed by atoms with Gasteiger partial charge in [0.1, 0.15) is 18.1 Å². The second-order valence-electron chi connectivity index (χ2n) is 5.32. The minimum absolute atomic E-state index is 0.197. The Morgan fingerprint density at radius 1 is 1.17 bits per heavy atom. The molecule has 1 atom stereocenters. The second kappa shape index (κ2) is 11.7. The van der Waals surface area contributed by atoms with Crippen molar-refractivity contribution in [2.24, 2.45) is 0 Å². The molecule has 0 spiro atoms. The highest BCUT2D eigenvalue weighted by Gasteiger charge is 2.14. The molecular weight excluding hydrogens is 310 g/mol. The van der Waals surface area contributed by atoms with Crippen molar-refractivity contribution < 1.29 is 24.1 Å². The van der Waals surface area contributed by atoms with Crippen LogP contribution >= 0.6 is 0 Å². The third-order valence-electron chi connectivity index (χ3n) is 3.39. The lowest BCUT2D eigenvalue weighted by atomic mass is 10.1. The maximum Gasteiger partial charge on any atom is 0.122 e. The summed E-state index contributed by atoms with van der Waals surface area (Å²) in [5.41, 5.74) is 1.03. The van der Waals surface area contributed by atoms with Gasteiger partial charge in [0.25, 0.3) is 0 Å². The Labute approximate surface area is 144 Å². The van der Waals surface area contributed by atoms with E-state index in [9.17, 15) is 5.11 Å². The van der Waals surface area contributed by atoms with Crippen LogP contribution < -0.4 is 9.47 Å². The average molecular weight is 337 g/mol. The van der Waals surface area contributed by atoms with Crippen molar-refractivity contribution in [3.05, 3.63) is 23.8 Å². The molecule has 0 aliphatic rings. The number of nitrogens with zero attached hydrogens (tertiary/aromatic N) is 1. The first kappa shape index (κ1) is 20.3. The molecule has 0 bridgehead atoms. The molecule has 0 saturated carbocycles. The third-order valence-corrected chi connectivity index (χ3v) is 3.39. The Morgan fingerprint density at radius 2 is 1.83 bits per heavy atom. The SMILES string of the molecule is C#CCOCC(O)CN(CCOC)Cc1cc(OC)cc(OC)c1. The van der Waals surface area contributed by atoms with Gasteiger partial charge in [0, 0.05) is 32.8 Å². The molecule has 0 heterocycles. The Hall–Kier alpha value is -1.78. The van der Waals surface area contributed by atoms with Crippen LogP contribution in [0.2, 0.25) is 0 Å². The number of ether oxygens (including phenoxy) is 4. The standard InChI is InChI=1S/C18H27NO5/c1-5-7-24-14-16(20)13-19(6-8-21-2)12-15-9-17(22-3)11-18(10-15)23-4/h1,9-11,16,20H,6-8,12-14H2,2-4H3. The number of benzene rings is 1. The summed E-state index contributed by atoms with van der Waals surface area (Å²) >= 11 is 0. The molecule has 0 aromatic heterocycles. The largest absolute Gasteiger partial charge is 0.497 e. The highest BCUT2D eigenvalue weighted by Crippen LogP contribution is 2.23. The van der Waals surface area contributed by atoms with Crippen molar-refractivity contribution in [2.45, 2.75) is 12.6 Å². The molecule has 1 aromatic carbocycles. The van der Waals surface area contributed by atoms with Crippen molar-refractivity contribution in [2.75, 3.05) is 54.2 Å². The molecule has 1 aromatic rings. The Bertz CT molecular complexity index is 492. The number of hydrogen-bond donors (Lipinski definition) is 1. The van der Waals surface area contributed by atoms with Crippen LogP contribution in [0.5, 0.6) is 11.5 Å². The van der Waals surface area contributed by atoms with Crippen molar-refractivity contribution in [1.82, 2.24) is 4.90 Å². The van der Waals surface area contributed by atoms with Gasteiger partial charge >= 0.3 is 0 Å². The molecule has 0 aliphatic carbocycles. The van der Waals surface area contributed by atoms with E-state index >= 15 is 0 Å². The van der Waals surface area contributed by atoms with Crippen molar-refractivity contribution in [3.8, 4) is 23.8 Å². The van der Waals surface area contributed by atoms with Gasteiger partial charge in [0.05, 0.1) is 33.5 Å². The molecular formula is C18H27NO5. The van der Waals surface area contributed by atoms with Crippen LogP contribution in [0.4, 0.5) is 0 Å². The Morgan fingerprint density at radius 3 is 2.38 bits per heavy atom. The van der Waals surface area contributed by atoms with E-state index in [4.69, 9.17) is 25.4 Å². The van der Waals surface area contributed by atoms with Crippen LogP contribution in [0.15, 0.2) is 18.2 Å². The van der Waals surface area contributed by atoms with Gasteiger partial charge in [-0.15, -0.1) is 6.42 Å². The van der Waals surface area contributed by atoms with Gasteiger partial charge in [-0.3, -0.25) is 4.90 Å². The van der Waals surface area contributed by atoms with Gasteiger partial charge in [-0.25, -0.2) is 0 Å². The van der Waals surface area contributed by atoms with Gasteiger partial charge in [-0.1, -0.05) is 5.92 Å². The summed E-state index contributed by atoms with van der Waals surface area (Å²) in [4.78, 5) is 2.08. The zero-order chi connectivity index (χ0) is 17.8. The summed E-state index contributed by atoms with van der Waals surface area (Å²) in [6, 6.07) is 5.72. The van der Waals surface area contributed by atoms with E-state index in [1.165, 1.54) is 0 Å². The molecule has 24 heavy (non-hydrogen) atoms. The third kappa shape index (κ3) is 7.66. The fourth-order valence-corrected chi connectivity index (χ4v) is 2.28. The minimum Gasteiger partial charge on any atom is -0.497 e. The smallest absolute Gasteiger partial charge is 0.122 e. The van der Waals surface area contributed by atoms with Crippen LogP contribution in [0, 0.1) is 12.3 Å². The van der Waals surface area contributed by atoms with Gasteiger partial charge in [-0.2, -0.15) is 0 Å². The molecule has 1 rings (SSSR count). The predicted octanol–water partition coefficient (Wildman–Crippen LogP) is 1.16. The summed E-state index contributed by atoms with van der Waals surface area (Å²) in [5.74, 6) is 3.84. The van der Waals surface area contributed by atoms with Crippen LogP contribution in [0.3, 0.4) is 0 Å². The molecule has 1 unspecified atom stereocenters. The summed E-state index contributed by atoms with van der Waals surface area (Å²) in [7, 11) is 4.89. The van der Waals surface area contributed by atoms with Gasteiger partial charge < -0.3 is 24.1 Å². The topological polar surface area (TPSA) is 60.4 Å². The van der Waals surface area contributed by atoms with Crippen LogP contribution in [-0.4, -0.2) is 70.3 Å². The van der Waals surface area contributed by atoms with E-state index in [0.717, 1.165) is 17.1 Å². The van der Waals surface area contributed by atoms with Crippen molar-refractivity contribution in [3.63, 3.8) is 0 Å². The lowest BCUT2D eigenvalue weighted by molar-refractivity contribution is 0.0207. The van der Waals surface area contributed by atoms with Gasteiger partial charge in [0.15, 0.2) is 0 Å². The number of terminal acetylenes is 1. The lowest BCUT2D eigenvalue weighted by Gasteiger charge is -2.25. The number of aliphatic hydroxyl groups is 1. The maximum atomic E-state index is 10.1. The fourth-order valence-electron chi connectivity index (χ4n) is 2.28. The van der Waals surface area contributed by atoms with E-state index in [2.05, 4.69) is 10.8 Å². The summed E-state index contributed by atoms with van der Waals surface area (Å²) in [6.07, 6.45) is 4.51. The monoisotopic (exact) mass is 337 g/mol. The van der Waals surface area contributed by atoms with Crippen LogP contribution in [-0.2, 0) is 16.0 Å². The van der Waals surface area contributed by atoms with Crippen molar-refractivity contribution >= 4 is 0 Å². The molecule has 0 fully saturated rings. The van der Waals surface area contributed by atoms with E-state index in [1.54, 1.807) is 21.3 Å². The quantitative estimate of drug-likeness (QED) is 0.456. The fraction of sp³-hybridized carbons (Fsp3) is 0.556. The van der Waals surface area contributed by atoms with Crippen molar-refractivity contribution in [1.29, 1.82) is 0 Å². The minimum atomic E-state index is -0.622. The number of hydrogen-bond acceptors (Lipinski definition) is 6.